The second kappa shape index (κ2) is 5.07. The van der Waals surface area contributed by atoms with Gasteiger partial charge in [-0.15, -0.1) is 0 Å². The Hall–Kier alpha value is -1.73. The molecular weight excluding hydrogens is 238 g/mol. The van der Waals surface area contributed by atoms with E-state index in [1.165, 1.54) is 0 Å². The molecule has 2 heterocycles. The van der Waals surface area contributed by atoms with Crippen LogP contribution in [0.25, 0.3) is 11.2 Å². The van der Waals surface area contributed by atoms with E-state index in [9.17, 15) is 0 Å². The fraction of sp³-hybridized carbons (Fsp3) is 0.300. The lowest BCUT2D eigenvalue weighted by atomic mass is 10.3. The molecule has 2 aromatic rings. The molecule has 0 aromatic carbocycles. The van der Waals surface area contributed by atoms with Gasteiger partial charge in [0.1, 0.15) is 5.52 Å². The molecule has 0 fully saturated rings. The number of hydrogen-bond acceptors (Lipinski definition) is 5. The van der Waals surface area contributed by atoms with Gasteiger partial charge in [-0.3, -0.25) is 0 Å². The van der Waals surface area contributed by atoms with Gasteiger partial charge in [0, 0.05) is 6.54 Å². The topological polar surface area (TPSA) is 89.6 Å². The molecule has 17 heavy (non-hydrogen) atoms. The Kier molecular flexibility index (Phi) is 3.50. The number of anilines is 1. The van der Waals surface area contributed by atoms with E-state index in [2.05, 4.69) is 25.3 Å². The summed E-state index contributed by atoms with van der Waals surface area (Å²) in [6.45, 7) is 2.49. The second-order valence-corrected chi connectivity index (χ2v) is 3.99. The van der Waals surface area contributed by atoms with Crippen molar-refractivity contribution in [1.29, 1.82) is 0 Å². The molecule has 4 N–H and O–H groups in total. The lowest BCUT2D eigenvalue weighted by molar-refractivity contribution is 0.331. The van der Waals surface area contributed by atoms with E-state index in [1.807, 2.05) is 13.0 Å². The first-order chi connectivity index (χ1) is 8.20. The van der Waals surface area contributed by atoms with Crippen molar-refractivity contribution in [3.63, 3.8) is 0 Å². The summed E-state index contributed by atoms with van der Waals surface area (Å²) in [5, 5.41) is 12.0. The van der Waals surface area contributed by atoms with E-state index in [4.69, 9.17) is 17.3 Å². The maximum absolute atomic E-state index is 8.87. The van der Waals surface area contributed by atoms with E-state index in [0.717, 1.165) is 11.1 Å². The number of H-pyrrole nitrogens is 2. The summed E-state index contributed by atoms with van der Waals surface area (Å²) in [5.41, 5.74) is 2.36. The van der Waals surface area contributed by atoms with Crippen molar-refractivity contribution in [2.75, 3.05) is 18.5 Å². The number of nitrogens with one attached hydrogen (secondary N) is 3. The van der Waals surface area contributed by atoms with E-state index in [-0.39, 0.29) is 6.61 Å². The van der Waals surface area contributed by atoms with Gasteiger partial charge < -0.3 is 20.4 Å². The average molecular weight is 251 g/mol. The number of fused-ring (bicyclic) bond motifs is 1. The summed E-state index contributed by atoms with van der Waals surface area (Å²) >= 11 is 5.00. The summed E-state index contributed by atoms with van der Waals surface area (Å²) in [6, 6.07) is 0. The van der Waals surface area contributed by atoms with Gasteiger partial charge in [-0.25, -0.2) is 9.97 Å². The van der Waals surface area contributed by atoms with Crippen LogP contribution < -0.4 is 5.32 Å². The molecule has 0 aliphatic rings. The molecule has 0 atom stereocenters. The molecule has 0 aliphatic heterocycles. The van der Waals surface area contributed by atoms with Gasteiger partial charge in [0.2, 0.25) is 4.77 Å². The number of hydrogen-bond donors (Lipinski definition) is 4. The van der Waals surface area contributed by atoms with Gasteiger partial charge in [-0.05, 0) is 19.1 Å². The predicted molar refractivity (Wildman–Crippen MR) is 68.4 cm³/mol. The third-order valence-corrected chi connectivity index (χ3v) is 2.48. The van der Waals surface area contributed by atoms with Crippen LogP contribution in [0.3, 0.4) is 0 Å². The summed E-state index contributed by atoms with van der Waals surface area (Å²) in [6.07, 6.45) is 3.47. The lowest BCUT2D eigenvalue weighted by Crippen LogP contribution is -2.03. The normalized spacial score (nSPS) is 12.0. The number of aliphatic hydroxyl groups excluding tert-OH is 1. The highest BCUT2D eigenvalue weighted by atomic mass is 32.1. The molecule has 7 heteroatoms. The van der Waals surface area contributed by atoms with Crippen molar-refractivity contribution in [3.05, 3.63) is 22.7 Å². The van der Waals surface area contributed by atoms with Crippen LogP contribution in [-0.4, -0.2) is 38.2 Å². The Labute approximate surface area is 103 Å². The molecule has 90 valence electrons. The fourth-order valence-corrected chi connectivity index (χ4v) is 1.56. The predicted octanol–water partition coefficient (Wildman–Crippen LogP) is 1.37. The highest BCUT2D eigenvalue weighted by Gasteiger charge is 2.04. The minimum atomic E-state index is 0.0590. The zero-order valence-corrected chi connectivity index (χ0v) is 10.1. The summed E-state index contributed by atoms with van der Waals surface area (Å²) in [4.78, 5) is 14.1. The van der Waals surface area contributed by atoms with Crippen LogP contribution >= 0.6 is 12.2 Å². The SMILES string of the molecule is CC(=CCNc1nc(=S)[nH]c2nc[nH]c12)CO. The largest absolute Gasteiger partial charge is 0.392 e. The smallest absolute Gasteiger partial charge is 0.200 e. The zero-order valence-electron chi connectivity index (χ0n) is 9.32. The molecular formula is C10H13N5OS. The molecule has 2 aromatic heterocycles. The minimum Gasteiger partial charge on any atom is -0.392 e. The third kappa shape index (κ3) is 2.69. The van der Waals surface area contributed by atoms with Crippen molar-refractivity contribution in [2.24, 2.45) is 0 Å². The molecule has 0 bridgehead atoms. The standard InChI is InChI=1S/C10H13N5OS/c1-6(4-16)2-3-11-8-7-9(13-5-12-7)15-10(17)14-8/h2,5,16H,3-4H2,1H3,(H3,11,12,13,14,15,17). The minimum absolute atomic E-state index is 0.0590. The zero-order chi connectivity index (χ0) is 12.3. The molecule has 0 amide bonds. The van der Waals surface area contributed by atoms with Gasteiger partial charge >= 0.3 is 0 Å². The van der Waals surface area contributed by atoms with Gasteiger partial charge in [0.15, 0.2) is 11.5 Å². The van der Waals surface area contributed by atoms with Gasteiger partial charge in [0.05, 0.1) is 12.9 Å². The number of imidazole rings is 1. The maximum atomic E-state index is 8.87. The first kappa shape index (κ1) is 11.7. The van der Waals surface area contributed by atoms with Crippen LogP contribution in [0.15, 0.2) is 18.0 Å². The summed E-state index contributed by atoms with van der Waals surface area (Å²) < 4.78 is 0.384. The first-order valence-electron chi connectivity index (χ1n) is 5.14. The molecule has 0 unspecified atom stereocenters. The number of rotatable bonds is 4. The van der Waals surface area contributed by atoms with Gasteiger partial charge in [-0.2, -0.15) is 0 Å². The van der Waals surface area contributed by atoms with Crippen LogP contribution in [0.5, 0.6) is 0 Å². The molecule has 6 nitrogen and oxygen atoms in total. The van der Waals surface area contributed by atoms with Crippen molar-refractivity contribution in [2.45, 2.75) is 6.92 Å². The Balaban J connectivity index is 2.23. The average Bonchev–Trinajstić information content (AvgIpc) is 2.76. The van der Waals surface area contributed by atoms with Crippen LogP contribution in [-0.2, 0) is 0 Å². The van der Waals surface area contributed by atoms with Gasteiger partial charge in [-0.1, -0.05) is 11.6 Å². The van der Waals surface area contributed by atoms with Crippen molar-refractivity contribution < 1.29 is 5.11 Å². The molecule has 0 saturated heterocycles. The first-order valence-corrected chi connectivity index (χ1v) is 5.55. The van der Waals surface area contributed by atoms with Crippen molar-refractivity contribution in [3.8, 4) is 0 Å². The van der Waals surface area contributed by atoms with Gasteiger partial charge in [0.25, 0.3) is 0 Å². The Morgan fingerprint density at radius 2 is 2.47 bits per heavy atom. The van der Waals surface area contributed by atoms with E-state index < -0.39 is 0 Å². The highest BCUT2D eigenvalue weighted by Crippen LogP contribution is 2.14. The molecule has 2 rings (SSSR count). The number of aromatic nitrogens is 4. The van der Waals surface area contributed by atoms with Crippen LogP contribution in [0.1, 0.15) is 6.92 Å². The monoisotopic (exact) mass is 251 g/mol. The third-order valence-electron chi connectivity index (χ3n) is 2.28. The molecule has 0 spiro atoms. The molecule has 0 saturated carbocycles. The van der Waals surface area contributed by atoms with Crippen LogP contribution in [0.4, 0.5) is 5.82 Å². The van der Waals surface area contributed by atoms with E-state index >= 15 is 0 Å². The number of aromatic amines is 2. The van der Waals surface area contributed by atoms with Crippen LogP contribution in [0.2, 0.25) is 0 Å². The lowest BCUT2D eigenvalue weighted by Gasteiger charge is -2.03. The van der Waals surface area contributed by atoms with Crippen LogP contribution in [0, 0.1) is 4.77 Å². The summed E-state index contributed by atoms with van der Waals surface area (Å²) in [5.74, 6) is 0.656. The fourth-order valence-electron chi connectivity index (χ4n) is 1.37. The molecule has 0 radical (unpaired) electrons. The quantitative estimate of drug-likeness (QED) is 0.487. The highest BCUT2D eigenvalue weighted by molar-refractivity contribution is 7.71. The van der Waals surface area contributed by atoms with Crippen molar-refractivity contribution in [1.82, 2.24) is 19.9 Å². The van der Waals surface area contributed by atoms with Crippen molar-refractivity contribution >= 4 is 29.2 Å². The Bertz CT molecular complexity index is 600. The Morgan fingerprint density at radius 3 is 3.24 bits per heavy atom. The summed E-state index contributed by atoms with van der Waals surface area (Å²) in [7, 11) is 0. The molecule has 0 aliphatic carbocycles. The van der Waals surface area contributed by atoms with E-state index in [0.29, 0.717) is 22.8 Å². The number of nitrogens with zero attached hydrogens (tertiary/aromatic N) is 2. The Morgan fingerprint density at radius 1 is 1.65 bits per heavy atom. The van der Waals surface area contributed by atoms with E-state index in [1.54, 1.807) is 6.33 Å². The number of aliphatic hydroxyl groups is 1. The second-order valence-electron chi connectivity index (χ2n) is 3.61. The maximum Gasteiger partial charge on any atom is 0.200 e.